The lowest BCUT2D eigenvalue weighted by atomic mass is 10.1. The van der Waals surface area contributed by atoms with Gasteiger partial charge < -0.3 is 4.90 Å². The number of imidazole rings is 1. The highest BCUT2D eigenvalue weighted by Gasteiger charge is 2.34. The van der Waals surface area contributed by atoms with Gasteiger partial charge >= 0.3 is 0 Å². The number of aromatic nitrogens is 2. The number of nitrogens with zero attached hydrogens (tertiary/aromatic N) is 3. The Kier molecular flexibility index (Phi) is 6.42. The molecule has 1 fully saturated rings. The Morgan fingerprint density at radius 3 is 2.00 bits per heavy atom. The van der Waals surface area contributed by atoms with Gasteiger partial charge in [0, 0.05) is 29.1 Å². The van der Waals surface area contributed by atoms with Crippen molar-refractivity contribution in [1.29, 1.82) is 0 Å². The van der Waals surface area contributed by atoms with Crippen LogP contribution < -0.4 is 5.32 Å². The third-order valence-electron chi connectivity index (χ3n) is 6.48. The van der Waals surface area contributed by atoms with E-state index in [1.165, 1.54) is 5.56 Å². The van der Waals surface area contributed by atoms with E-state index >= 15 is 0 Å². The Bertz CT molecular complexity index is 1380. The largest absolute Gasteiger partial charge is 0.326 e. The van der Waals surface area contributed by atoms with Crippen molar-refractivity contribution >= 4 is 17.8 Å². The van der Waals surface area contributed by atoms with Gasteiger partial charge in [-0.05, 0) is 57.9 Å². The molecule has 1 aromatic heterocycles. The van der Waals surface area contributed by atoms with E-state index in [9.17, 15) is 9.59 Å². The summed E-state index contributed by atoms with van der Waals surface area (Å²) >= 11 is 0. The first kappa shape index (κ1) is 23.5. The number of benzene rings is 3. The molecule has 0 unspecified atom stereocenters. The quantitative estimate of drug-likeness (QED) is 0.370. The molecule has 1 N–H and O–H groups in total. The summed E-state index contributed by atoms with van der Waals surface area (Å²) in [5.41, 5.74) is 6.65. The smallest absolute Gasteiger partial charge is 0.254 e. The van der Waals surface area contributed by atoms with Gasteiger partial charge in [0.1, 0.15) is 6.54 Å². The van der Waals surface area contributed by atoms with Crippen LogP contribution in [0.4, 0.5) is 5.95 Å². The Morgan fingerprint density at radius 1 is 0.861 bits per heavy atom. The molecule has 6 heteroatoms. The molecule has 1 heterocycles. The minimum absolute atomic E-state index is 0.0159. The number of nitrogens with one attached hydrogen (secondary N) is 1. The second-order valence-corrected chi connectivity index (χ2v) is 9.60. The topological polar surface area (TPSA) is 67.2 Å². The molecule has 5 rings (SSSR count). The number of aryl methyl sites for hydroxylation is 3. The van der Waals surface area contributed by atoms with Gasteiger partial charge in [0.25, 0.3) is 5.91 Å². The van der Waals surface area contributed by atoms with Crippen LogP contribution in [0.5, 0.6) is 0 Å². The lowest BCUT2D eigenvalue weighted by molar-refractivity contribution is -0.117. The molecule has 0 atom stereocenters. The molecule has 2 amide bonds. The van der Waals surface area contributed by atoms with Gasteiger partial charge in [0.2, 0.25) is 11.9 Å². The van der Waals surface area contributed by atoms with E-state index in [4.69, 9.17) is 4.98 Å². The predicted octanol–water partition coefficient (Wildman–Crippen LogP) is 5.71. The van der Waals surface area contributed by atoms with Gasteiger partial charge in [-0.1, -0.05) is 65.2 Å². The van der Waals surface area contributed by atoms with Crippen LogP contribution in [0, 0.1) is 20.8 Å². The molecule has 6 nitrogen and oxygen atoms in total. The Labute approximate surface area is 211 Å². The van der Waals surface area contributed by atoms with Crippen LogP contribution in [-0.4, -0.2) is 38.9 Å². The molecule has 0 saturated heterocycles. The summed E-state index contributed by atoms with van der Waals surface area (Å²) in [6.45, 7) is 6.05. The zero-order valence-electron chi connectivity index (χ0n) is 20.9. The minimum atomic E-state index is -0.267. The highest BCUT2D eigenvalue weighted by atomic mass is 16.2. The third-order valence-corrected chi connectivity index (χ3v) is 6.48. The normalized spacial score (nSPS) is 12.9. The summed E-state index contributed by atoms with van der Waals surface area (Å²) in [5, 5.41) is 2.97. The van der Waals surface area contributed by atoms with Crippen molar-refractivity contribution in [3.8, 4) is 16.9 Å². The zero-order chi connectivity index (χ0) is 25.2. The Morgan fingerprint density at radius 2 is 1.42 bits per heavy atom. The van der Waals surface area contributed by atoms with Crippen LogP contribution in [0.15, 0.2) is 79.0 Å². The molecule has 1 saturated carbocycles. The Balaban J connectivity index is 1.41. The summed E-state index contributed by atoms with van der Waals surface area (Å²) in [4.78, 5) is 32.8. The van der Waals surface area contributed by atoms with Crippen molar-refractivity contribution in [3.63, 3.8) is 0 Å². The van der Waals surface area contributed by atoms with Crippen molar-refractivity contribution < 1.29 is 9.59 Å². The molecule has 36 heavy (non-hydrogen) atoms. The maximum atomic E-state index is 13.2. The molecule has 0 radical (unpaired) electrons. The first-order valence-electron chi connectivity index (χ1n) is 12.3. The van der Waals surface area contributed by atoms with E-state index in [0.717, 1.165) is 40.9 Å². The van der Waals surface area contributed by atoms with E-state index < -0.39 is 0 Å². The first-order valence-corrected chi connectivity index (χ1v) is 12.3. The molecule has 0 spiro atoms. The second-order valence-electron chi connectivity index (χ2n) is 9.60. The van der Waals surface area contributed by atoms with Gasteiger partial charge in [-0.2, -0.15) is 0 Å². The van der Waals surface area contributed by atoms with E-state index in [2.05, 4.69) is 5.32 Å². The second kappa shape index (κ2) is 9.82. The van der Waals surface area contributed by atoms with E-state index in [0.29, 0.717) is 11.5 Å². The fourth-order valence-corrected chi connectivity index (χ4v) is 4.17. The molecule has 1 aliphatic rings. The number of rotatable bonds is 7. The molecule has 3 aromatic carbocycles. The van der Waals surface area contributed by atoms with Gasteiger partial charge in [0.05, 0.1) is 5.69 Å². The lowest BCUT2D eigenvalue weighted by Crippen LogP contribution is -2.39. The van der Waals surface area contributed by atoms with Gasteiger partial charge in [-0.25, -0.2) is 4.98 Å². The SMILES string of the molecule is Cc1ccc(C(=O)N(CC(=O)Nc2nc(-c3ccc(C)cc3)cn2-c2ccc(C)cc2)C2CC2)cc1. The summed E-state index contributed by atoms with van der Waals surface area (Å²) < 4.78 is 1.88. The molecular weight excluding hydrogens is 448 g/mol. The van der Waals surface area contributed by atoms with Crippen molar-refractivity contribution in [2.75, 3.05) is 11.9 Å². The van der Waals surface area contributed by atoms with E-state index in [1.807, 2.05) is 104 Å². The number of anilines is 1. The molecule has 4 aromatic rings. The number of carbonyl (C=O) groups is 2. The number of hydrogen-bond acceptors (Lipinski definition) is 3. The van der Waals surface area contributed by atoms with Crippen molar-refractivity contribution in [2.24, 2.45) is 0 Å². The predicted molar refractivity (Wildman–Crippen MR) is 142 cm³/mol. The standard InChI is InChI=1S/C30H30N4O2/c1-20-4-10-23(11-5-20)27-18-34(26-14-8-22(3)9-15-26)30(31-27)32-28(35)19-33(25-16-17-25)29(36)24-12-6-21(2)7-13-24/h4-15,18,25H,16-17,19H2,1-3H3,(H,31,32,35). The highest BCUT2D eigenvalue weighted by molar-refractivity contribution is 5.99. The summed E-state index contributed by atoms with van der Waals surface area (Å²) in [6.07, 6.45) is 3.77. The summed E-state index contributed by atoms with van der Waals surface area (Å²) in [6, 6.07) is 23.8. The molecule has 182 valence electrons. The minimum Gasteiger partial charge on any atom is -0.326 e. The van der Waals surface area contributed by atoms with Crippen LogP contribution in [0.3, 0.4) is 0 Å². The molecule has 1 aliphatic carbocycles. The average molecular weight is 479 g/mol. The van der Waals surface area contributed by atoms with Gasteiger partial charge in [0.15, 0.2) is 0 Å². The highest BCUT2D eigenvalue weighted by Crippen LogP contribution is 2.29. The van der Waals surface area contributed by atoms with E-state index in [-0.39, 0.29) is 24.4 Å². The van der Waals surface area contributed by atoms with E-state index in [1.54, 1.807) is 4.90 Å². The monoisotopic (exact) mass is 478 g/mol. The van der Waals surface area contributed by atoms with Crippen LogP contribution >= 0.6 is 0 Å². The van der Waals surface area contributed by atoms with Crippen LogP contribution in [-0.2, 0) is 4.79 Å². The van der Waals surface area contributed by atoms with Crippen molar-refractivity contribution in [2.45, 2.75) is 39.7 Å². The first-order chi connectivity index (χ1) is 17.4. The maximum Gasteiger partial charge on any atom is 0.254 e. The number of carbonyl (C=O) groups excluding carboxylic acids is 2. The Hall–Kier alpha value is -4.19. The van der Waals surface area contributed by atoms with Gasteiger partial charge in [-0.3, -0.25) is 19.5 Å². The van der Waals surface area contributed by atoms with Crippen LogP contribution in [0.2, 0.25) is 0 Å². The van der Waals surface area contributed by atoms with Crippen LogP contribution in [0.1, 0.15) is 39.9 Å². The summed E-state index contributed by atoms with van der Waals surface area (Å²) in [5.74, 6) is 0.0459. The van der Waals surface area contributed by atoms with Gasteiger partial charge in [-0.15, -0.1) is 0 Å². The number of amides is 2. The lowest BCUT2D eigenvalue weighted by Gasteiger charge is -2.22. The molecule has 0 aliphatic heterocycles. The van der Waals surface area contributed by atoms with Crippen LogP contribution in [0.25, 0.3) is 16.9 Å². The fourth-order valence-electron chi connectivity index (χ4n) is 4.17. The van der Waals surface area contributed by atoms with Crippen molar-refractivity contribution in [3.05, 3.63) is 101 Å². The average Bonchev–Trinajstić information content (AvgIpc) is 3.64. The molecular formula is C30H30N4O2. The fraction of sp³-hybridized carbons (Fsp3) is 0.233. The third kappa shape index (κ3) is 5.23. The maximum absolute atomic E-state index is 13.2. The molecule has 0 bridgehead atoms. The summed E-state index contributed by atoms with van der Waals surface area (Å²) in [7, 11) is 0. The number of hydrogen-bond donors (Lipinski definition) is 1. The zero-order valence-corrected chi connectivity index (χ0v) is 20.9. The van der Waals surface area contributed by atoms with Crippen molar-refractivity contribution in [1.82, 2.24) is 14.5 Å².